The van der Waals surface area contributed by atoms with Crippen molar-refractivity contribution in [2.45, 2.75) is 13.0 Å². The molecule has 130 valence electrons. The molecule has 2 heterocycles. The molecule has 0 unspecified atom stereocenters. The number of nitrogens with one attached hydrogen (secondary N) is 2. The number of aliphatic hydroxyl groups excluding tert-OH is 1. The van der Waals surface area contributed by atoms with Crippen LogP contribution in [0, 0.1) is 0 Å². The summed E-state index contributed by atoms with van der Waals surface area (Å²) in [4.78, 5) is 20.1. The SMILES string of the molecule is CNC(=O)c1cc(Oc2ccc3nc(NC[C@H](C)O)sc3c2)ccn1. The number of aliphatic hydroxyl groups is 1. The number of nitrogens with zero attached hydrogens (tertiary/aromatic N) is 2. The lowest BCUT2D eigenvalue weighted by Gasteiger charge is -2.06. The maximum absolute atomic E-state index is 11.6. The first-order valence-corrected chi connectivity index (χ1v) is 8.55. The second-order valence-corrected chi connectivity index (χ2v) is 6.47. The number of fused-ring (bicyclic) bond motifs is 1. The zero-order valence-corrected chi connectivity index (χ0v) is 14.6. The zero-order chi connectivity index (χ0) is 17.8. The normalized spacial score (nSPS) is 12.0. The van der Waals surface area contributed by atoms with Gasteiger partial charge in [-0.15, -0.1) is 0 Å². The van der Waals surface area contributed by atoms with Gasteiger partial charge < -0.3 is 20.5 Å². The largest absolute Gasteiger partial charge is 0.457 e. The summed E-state index contributed by atoms with van der Waals surface area (Å²) in [5.41, 5.74) is 1.15. The molecule has 1 aromatic carbocycles. The molecule has 0 aliphatic carbocycles. The van der Waals surface area contributed by atoms with Gasteiger partial charge in [-0.2, -0.15) is 0 Å². The van der Waals surface area contributed by atoms with Gasteiger partial charge in [0, 0.05) is 31.9 Å². The molecule has 0 fully saturated rings. The van der Waals surface area contributed by atoms with Gasteiger partial charge in [0.2, 0.25) is 0 Å². The van der Waals surface area contributed by atoms with Crippen LogP contribution >= 0.6 is 11.3 Å². The van der Waals surface area contributed by atoms with E-state index in [4.69, 9.17) is 4.74 Å². The Morgan fingerprint density at radius 3 is 2.88 bits per heavy atom. The van der Waals surface area contributed by atoms with Crippen molar-refractivity contribution in [3.8, 4) is 11.5 Å². The molecule has 1 atom stereocenters. The standard InChI is InChI=1S/C17H18N4O3S/c1-10(22)9-20-17-21-13-4-3-11(8-15(13)25-17)24-12-5-6-19-14(7-12)16(23)18-2/h3-8,10,22H,9H2,1-2H3,(H,18,23)(H,20,21)/t10-/m0/s1. The molecule has 0 aliphatic rings. The van der Waals surface area contributed by atoms with Crippen molar-refractivity contribution in [1.29, 1.82) is 0 Å². The molecule has 2 aromatic heterocycles. The van der Waals surface area contributed by atoms with Crippen LogP contribution in [0.1, 0.15) is 17.4 Å². The monoisotopic (exact) mass is 358 g/mol. The summed E-state index contributed by atoms with van der Waals surface area (Å²) in [7, 11) is 1.55. The van der Waals surface area contributed by atoms with E-state index in [0.29, 0.717) is 23.7 Å². The van der Waals surface area contributed by atoms with Crippen LogP contribution in [-0.4, -0.2) is 40.7 Å². The van der Waals surface area contributed by atoms with Crippen LogP contribution in [0.3, 0.4) is 0 Å². The zero-order valence-electron chi connectivity index (χ0n) is 13.8. The molecule has 1 amide bonds. The number of benzene rings is 1. The fraction of sp³-hybridized carbons (Fsp3) is 0.235. The number of aromatic nitrogens is 2. The minimum absolute atomic E-state index is 0.266. The van der Waals surface area contributed by atoms with E-state index < -0.39 is 6.10 Å². The lowest BCUT2D eigenvalue weighted by molar-refractivity contribution is 0.0958. The molecule has 25 heavy (non-hydrogen) atoms. The number of hydrogen-bond donors (Lipinski definition) is 3. The van der Waals surface area contributed by atoms with Crippen molar-refractivity contribution in [3.63, 3.8) is 0 Å². The van der Waals surface area contributed by atoms with Gasteiger partial charge in [-0.1, -0.05) is 11.3 Å². The molecular formula is C17H18N4O3S. The van der Waals surface area contributed by atoms with Gasteiger partial charge in [-0.25, -0.2) is 4.98 Å². The van der Waals surface area contributed by atoms with Gasteiger partial charge in [-0.3, -0.25) is 9.78 Å². The number of amides is 1. The Morgan fingerprint density at radius 1 is 1.32 bits per heavy atom. The molecule has 0 spiro atoms. The van der Waals surface area contributed by atoms with Gasteiger partial charge in [0.25, 0.3) is 5.91 Å². The topological polar surface area (TPSA) is 96.4 Å². The van der Waals surface area contributed by atoms with Gasteiger partial charge in [0.15, 0.2) is 5.13 Å². The van der Waals surface area contributed by atoms with E-state index in [1.54, 1.807) is 26.1 Å². The number of carbonyl (C=O) groups is 1. The molecule has 3 aromatic rings. The summed E-state index contributed by atoms with van der Waals surface area (Å²) in [6.07, 6.45) is 1.09. The van der Waals surface area contributed by atoms with Crippen molar-refractivity contribution >= 4 is 32.6 Å². The van der Waals surface area contributed by atoms with E-state index in [-0.39, 0.29) is 5.91 Å². The minimum Gasteiger partial charge on any atom is -0.457 e. The van der Waals surface area contributed by atoms with Gasteiger partial charge in [0.05, 0.1) is 16.3 Å². The highest BCUT2D eigenvalue weighted by Crippen LogP contribution is 2.31. The number of hydrogen-bond acceptors (Lipinski definition) is 7. The number of rotatable bonds is 6. The number of pyridine rings is 1. The quantitative estimate of drug-likeness (QED) is 0.627. The fourth-order valence-electron chi connectivity index (χ4n) is 2.14. The molecule has 0 radical (unpaired) electrons. The average molecular weight is 358 g/mol. The molecule has 3 N–H and O–H groups in total. The highest BCUT2D eigenvalue weighted by Gasteiger charge is 2.09. The van der Waals surface area contributed by atoms with E-state index in [9.17, 15) is 9.90 Å². The lowest BCUT2D eigenvalue weighted by atomic mass is 10.3. The summed E-state index contributed by atoms with van der Waals surface area (Å²) in [6, 6.07) is 8.86. The summed E-state index contributed by atoms with van der Waals surface area (Å²) in [5, 5.41) is 15.7. The Balaban J connectivity index is 1.79. The molecular weight excluding hydrogens is 340 g/mol. The molecule has 0 saturated carbocycles. The molecule has 0 saturated heterocycles. The van der Waals surface area contributed by atoms with Crippen LogP contribution < -0.4 is 15.4 Å². The van der Waals surface area contributed by atoms with Gasteiger partial charge >= 0.3 is 0 Å². The van der Waals surface area contributed by atoms with E-state index in [1.165, 1.54) is 17.5 Å². The third-order valence-electron chi connectivity index (χ3n) is 3.34. The van der Waals surface area contributed by atoms with Gasteiger partial charge in [-0.05, 0) is 25.1 Å². The van der Waals surface area contributed by atoms with Crippen molar-refractivity contribution < 1.29 is 14.6 Å². The van der Waals surface area contributed by atoms with E-state index in [0.717, 1.165) is 15.3 Å². The minimum atomic E-state index is -0.438. The summed E-state index contributed by atoms with van der Waals surface area (Å²) >= 11 is 1.49. The van der Waals surface area contributed by atoms with Crippen LogP contribution in [0.5, 0.6) is 11.5 Å². The number of ether oxygens (including phenoxy) is 1. The lowest BCUT2D eigenvalue weighted by Crippen LogP contribution is -2.18. The van der Waals surface area contributed by atoms with E-state index in [1.807, 2.05) is 18.2 Å². The molecule has 7 nitrogen and oxygen atoms in total. The van der Waals surface area contributed by atoms with Crippen LogP contribution in [0.25, 0.3) is 10.2 Å². The van der Waals surface area contributed by atoms with Crippen molar-refractivity contribution in [1.82, 2.24) is 15.3 Å². The highest BCUT2D eigenvalue weighted by atomic mass is 32.1. The Bertz CT molecular complexity index is 894. The third kappa shape index (κ3) is 4.23. The second-order valence-electron chi connectivity index (χ2n) is 5.44. The molecule has 0 bridgehead atoms. The Kier molecular flexibility index (Phi) is 5.11. The summed E-state index contributed by atoms with van der Waals surface area (Å²) < 4.78 is 6.79. The second kappa shape index (κ2) is 7.45. The summed E-state index contributed by atoms with van der Waals surface area (Å²) in [5.74, 6) is 0.911. The van der Waals surface area contributed by atoms with Gasteiger partial charge in [0.1, 0.15) is 17.2 Å². The van der Waals surface area contributed by atoms with E-state index in [2.05, 4.69) is 20.6 Å². The van der Waals surface area contributed by atoms with E-state index >= 15 is 0 Å². The average Bonchev–Trinajstić information content (AvgIpc) is 3.01. The predicted molar refractivity (Wildman–Crippen MR) is 97.5 cm³/mol. The predicted octanol–water partition coefficient (Wildman–Crippen LogP) is 2.64. The number of thiazole rings is 1. The molecule has 8 heteroatoms. The molecule has 3 rings (SSSR count). The van der Waals surface area contributed by atoms with Crippen molar-refractivity contribution in [3.05, 3.63) is 42.2 Å². The first-order valence-electron chi connectivity index (χ1n) is 7.73. The maximum atomic E-state index is 11.6. The maximum Gasteiger partial charge on any atom is 0.269 e. The third-order valence-corrected chi connectivity index (χ3v) is 4.31. The Hall–Kier alpha value is -2.71. The van der Waals surface area contributed by atoms with Crippen molar-refractivity contribution in [2.24, 2.45) is 0 Å². The van der Waals surface area contributed by atoms with Crippen LogP contribution in [-0.2, 0) is 0 Å². The Morgan fingerprint density at radius 2 is 2.12 bits per heavy atom. The van der Waals surface area contributed by atoms with Crippen molar-refractivity contribution in [2.75, 3.05) is 18.9 Å². The summed E-state index contributed by atoms with van der Waals surface area (Å²) in [6.45, 7) is 2.16. The molecule has 0 aliphatic heterocycles. The number of anilines is 1. The smallest absolute Gasteiger partial charge is 0.269 e. The number of carbonyl (C=O) groups excluding carboxylic acids is 1. The van der Waals surface area contributed by atoms with Crippen LogP contribution in [0.15, 0.2) is 36.5 Å². The fourth-order valence-corrected chi connectivity index (χ4v) is 3.04. The first kappa shape index (κ1) is 17.1. The first-order chi connectivity index (χ1) is 12.0. The van der Waals surface area contributed by atoms with Crippen LogP contribution in [0.4, 0.5) is 5.13 Å². The van der Waals surface area contributed by atoms with Crippen LogP contribution in [0.2, 0.25) is 0 Å². The highest BCUT2D eigenvalue weighted by molar-refractivity contribution is 7.22. The Labute approximate surface area is 148 Å².